The van der Waals surface area contributed by atoms with Gasteiger partial charge in [-0.3, -0.25) is 0 Å². The van der Waals surface area contributed by atoms with Gasteiger partial charge in [0.15, 0.2) is 0 Å². The Balaban J connectivity index is 1.57. The van der Waals surface area contributed by atoms with E-state index in [4.69, 9.17) is 10.7 Å². The number of benzene rings is 5. The summed E-state index contributed by atoms with van der Waals surface area (Å²) in [5.74, 6) is 5.88. The van der Waals surface area contributed by atoms with Crippen LogP contribution < -0.4 is 10.7 Å². The average Bonchev–Trinajstić information content (AvgIpc) is 2.77. The minimum atomic E-state index is 0.657. The molecule has 0 bridgehead atoms. The van der Waals surface area contributed by atoms with Crippen LogP contribution in [0.3, 0.4) is 0 Å². The molecule has 0 fully saturated rings. The lowest BCUT2D eigenvalue weighted by Gasteiger charge is -2.09. The molecule has 29 heavy (non-hydrogen) atoms. The molecular weight excluding hydrogens is 354 g/mol. The van der Waals surface area contributed by atoms with Gasteiger partial charge in [0.2, 0.25) is 0 Å². The predicted octanol–water partition coefficient (Wildman–Crippen LogP) is 6.89. The summed E-state index contributed by atoms with van der Waals surface area (Å²) in [6.07, 6.45) is 0. The Morgan fingerprint density at radius 1 is 0.483 bits per heavy atom. The number of nitrogens with two attached hydrogens (primary N) is 1. The van der Waals surface area contributed by atoms with Crippen molar-refractivity contribution in [3.8, 4) is 28.0 Å². The summed E-state index contributed by atoms with van der Waals surface area (Å²) in [4.78, 5) is 4.77. The van der Waals surface area contributed by atoms with Crippen molar-refractivity contribution in [1.82, 2.24) is 0 Å². The van der Waals surface area contributed by atoms with E-state index in [0.717, 1.165) is 5.56 Å². The van der Waals surface area contributed by atoms with Gasteiger partial charge in [0.05, 0.1) is 0 Å². The zero-order chi connectivity index (χ0) is 19.8. The molecule has 0 radical (unpaired) electrons. The Hall–Kier alpha value is -3.62. The van der Waals surface area contributed by atoms with Gasteiger partial charge in [-0.1, -0.05) is 66.2 Å². The highest BCUT2D eigenvalue weighted by molar-refractivity contribution is 6.01. The van der Waals surface area contributed by atoms with Gasteiger partial charge in [-0.25, -0.2) is 0 Å². The topological polar surface area (TPSA) is 35.2 Å². The number of hydrogen-bond acceptors (Lipinski definition) is 2. The first-order chi connectivity index (χ1) is 14.2. The van der Waals surface area contributed by atoms with E-state index >= 15 is 0 Å². The largest absolute Gasteiger partial charge is 0.412 e. The van der Waals surface area contributed by atoms with Gasteiger partial charge >= 0.3 is 0 Å². The van der Waals surface area contributed by atoms with Crippen LogP contribution >= 0.6 is 0 Å². The first-order valence-electron chi connectivity index (χ1n) is 9.71. The van der Waals surface area contributed by atoms with Crippen molar-refractivity contribution in [3.63, 3.8) is 0 Å². The van der Waals surface area contributed by atoms with E-state index in [1.165, 1.54) is 43.8 Å². The molecule has 2 nitrogen and oxygen atoms in total. The molecule has 0 saturated carbocycles. The van der Waals surface area contributed by atoms with Crippen LogP contribution in [0.2, 0.25) is 0 Å². The van der Waals surface area contributed by atoms with Crippen molar-refractivity contribution in [2.75, 3.05) is 0 Å². The summed E-state index contributed by atoms with van der Waals surface area (Å²) in [5.41, 5.74) is 6.09. The van der Waals surface area contributed by atoms with Crippen LogP contribution in [-0.2, 0) is 0 Å². The van der Waals surface area contributed by atoms with Crippen LogP contribution in [0.25, 0.3) is 43.8 Å². The second kappa shape index (κ2) is 7.08. The van der Waals surface area contributed by atoms with Gasteiger partial charge in [-0.15, -0.1) is 0 Å². The highest BCUT2D eigenvalue weighted by Gasteiger charge is 2.05. The summed E-state index contributed by atoms with van der Waals surface area (Å²) in [6.45, 7) is 2.12. The SMILES string of the molecule is Cc1ccc(-c2ccc3cc4cc(-c5ccc(ON)cc5)ccc4cc3c2)cc1. The molecular formula is C27H21NO. The van der Waals surface area contributed by atoms with E-state index in [-0.39, 0.29) is 0 Å². The molecule has 0 heterocycles. The lowest BCUT2D eigenvalue weighted by molar-refractivity contribution is 0.334. The van der Waals surface area contributed by atoms with Gasteiger partial charge in [0.25, 0.3) is 0 Å². The van der Waals surface area contributed by atoms with Gasteiger partial charge in [-0.05, 0) is 87.1 Å². The molecule has 0 aromatic heterocycles. The van der Waals surface area contributed by atoms with Crippen LogP contribution in [0, 0.1) is 6.92 Å². The van der Waals surface area contributed by atoms with Crippen LogP contribution in [0.15, 0.2) is 97.1 Å². The van der Waals surface area contributed by atoms with Gasteiger partial charge in [0, 0.05) is 0 Å². The Morgan fingerprint density at radius 2 is 0.931 bits per heavy atom. The summed E-state index contributed by atoms with van der Waals surface area (Å²) >= 11 is 0. The number of fused-ring (bicyclic) bond motifs is 2. The van der Waals surface area contributed by atoms with Crippen LogP contribution in [0.1, 0.15) is 5.56 Å². The second-order valence-electron chi connectivity index (χ2n) is 7.48. The predicted molar refractivity (Wildman–Crippen MR) is 122 cm³/mol. The van der Waals surface area contributed by atoms with Crippen LogP contribution in [-0.4, -0.2) is 0 Å². The lowest BCUT2D eigenvalue weighted by Crippen LogP contribution is -2.00. The maximum Gasteiger partial charge on any atom is 0.146 e. The monoisotopic (exact) mass is 375 g/mol. The summed E-state index contributed by atoms with van der Waals surface area (Å²) in [5, 5.41) is 4.98. The Bertz CT molecular complexity index is 1320. The molecule has 140 valence electrons. The molecule has 0 amide bonds. The molecule has 0 unspecified atom stereocenters. The number of rotatable bonds is 3. The zero-order valence-electron chi connectivity index (χ0n) is 16.2. The molecule has 0 atom stereocenters. The van der Waals surface area contributed by atoms with Gasteiger partial charge in [0.1, 0.15) is 5.75 Å². The maximum absolute atomic E-state index is 5.22. The Morgan fingerprint density at radius 3 is 1.41 bits per heavy atom. The van der Waals surface area contributed by atoms with Crippen molar-refractivity contribution in [1.29, 1.82) is 0 Å². The molecule has 5 aromatic rings. The standard InChI is InChI=1S/C27H21NO/c1-18-2-4-19(5-3-18)21-6-8-23-17-26-15-22(7-9-24(26)16-25(23)14-21)20-10-12-27(29-28)13-11-20/h2-17H,28H2,1H3. The van der Waals surface area contributed by atoms with E-state index < -0.39 is 0 Å². The van der Waals surface area contributed by atoms with Crippen molar-refractivity contribution in [2.24, 2.45) is 5.90 Å². The van der Waals surface area contributed by atoms with E-state index in [1.54, 1.807) is 0 Å². The highest BCUT2D eigenvalue weighted by atomic mass is 16.6. The molecule has 5 aromatic carbocycles. The average molecular weight is 375 g/mol. The smallest absolute Gasteiger partial charge is 0.146 e. The maximum atomic E-state index is 5.22. The Kier molecular flexibility index (Phi) is 4.27. The molecule has 0 saturated heterocycles. The molecule has 0 aliphatic rings. The summed E-state index contributed by atoms with van der Waals surface area (Å²) < 4.78 is 0. The fourth-order valence-corrected chi connectivity index (χ4v) is 3.83. The van der Waals surface area contributed by atoms with Crippen molar-refractivity contribution in [2.45, 2.75) is 6.92 Å². The molecule has 5 rings (SSSR count). The summed E-state index contributed by atoms with van der Waals surface area (Å²) in [6, 6.07) is 34.3. The van der Waals surface area contributed by atoms with E-state index in [9.17, 15) is 0 Å². The molecule has 2 heteroatoms. The molecule has 0 spiro atoms. The third-order valence-corrected chi connectivity index (χ3v) is 5.50. The first kappa shape index (κ1) is 17.5. The molecule has 0 aliphatic carbocycles. The third-order valence-electron chi connectivity index (χ3n) is 5.50. The Labute approximate surface area is 170 Å². The quantitative estimate of drug-likeness (QED) is 0.275. The number of aryl methyl sites for hydroxylation is 1. The normalized spacial score (nSPS) is 11.1. The van der Waals surface area contributed by atoms with E-state index in [1.807, 2.05) is 24.3 Å². The van der Waals surface area contributed by atoms with Crippen molar-refractivity contribution in [3.05, 3.63) is 103 Å². The van der Waals surface area contributed by atoms with Crippen molar-refractivity contribution < 1.29 is 4.84 Å². The van der Waals surface area contributed by atoms with Crippen LogP contribution in [0.5, 0.6) is 5.75 Å². The second-order valence-corrected chi connectivity index (χ2v) is 7.48. The molecule has 2 N–H and O–H groups in total. The zero-order valence-corrected chi connectivity index (χ0v) is 16.2. The van der Waals surface area contributed by atoms with E-state index in [0.29, 0.717) is 5.75 Å². The minimum Gasteiger partial charge on any atom is -0.412 e. The molecule has 0 aliphatic heterocycles. The number of hydrogen-bond donors (Lipinski definition) is 1. The summed E-state index contributed by atoms with van der Waals surface area (Å²) in [7, 11) is 0. The van der Waals surface area contributed by atoms with Gasteiger partial charge < -0.3 is 4.84 Å². The first-order valence-corrected chi connectivity index (χ1v) is 9.71. The van der Waals surface area contributed by atoms with E-state index in [2.05, 4.69) is 79.7 Å². The highest BCUT2D eigenvalue weighted by Crippen LogP contribution is 2.31. The third kappa shape index (κ3) is 3.35. The van der Waals surface area contributed by atoms with Crippen molar-refractivity contribution >= 4 is 21.5 Å². The fourth-order valence-electron chi connectivity index (χ4n) is 3.83. The van der Waals surface area contributed by atoms with Crippen LogP contribution in [0.4, 0.5) is 0 Å². The lowest BCUT2D eigenvalue weighted by atomic mass is 9.96. The van der Waals surface area contributed by atoms with Gasteiger partial charge in [-0.2, -0.15) is 5.90 Å². The fraction of sp³-hybridized carbons (Fsp3) is 0.0370. The minimum absolute atomic E-state index is 0.657.